The summed E-state index contributed by atoms with van der Waals surface area (Å²) in [4.78, 5) is 0. The van der Waals surface area contributed by atoms with Gasteiger partial charge in [-0.1, -0.05) is 52.9 Å². The second-order valence-corrected chi connectivity index (χ2v) is 8.70. The van der Waals surface area contributed by atoms with E-state index in [1.165, 1.54) is 32.1 Å². The Hall–Kier alpha value is 0. The van der Waals surface area contributed by atoms with Gasteiger partial charge in [-0.3, -0.25) is 0 Å². The molecule has 20 heavy (non-hydrogen) atoms. The Bertz CT molecular complexity index is 325. The van der Waals surface area contributed by atoms with Crippen molar-refractivity contribution in [3.8, 4) is 0 Å². The molecule has 0 amide bonds. The van der Waals surface area contributed by atoms with Crippen LogP contribution in [0.1, 0.15) is 97.8 Å². The molecule has 5 atom stereocenters. The summed E-state index contributed by atoms with van der Waals surface area (Å²) in [7, 11) is 0. The first-order valence-corrected chi connectivity index (χ1v) is 9.66. The van der Waals surface area contributed by atoms with Gasteiger partial charge in [0, 0.05) is 0 Å². The first-order valence-electron chi connectivity index (χ1n) is 9.66. The quantitative estimate of drug-likeness (QED) is 0.480. The predicted molar refractivity (Wildman–Crippen MR) is 87.8 cm³/mol. The number of hydrogen-bond donors (Lipinski definition) is 0. The van der Waals surface area contributed by atoms with Crippen molar-refractivity contribution in [3.63, 3.8) is 0 Å². The minimum absolute atomic E-state index is 0.734. The highest BCUT2D eigenvalue weighted by Gasteiger charge is 2.63. The van der Waals surface area contributed by atoms with Gasteiger partial charge in [0.1, 0.15) is 0 Å². The van der Waals surface area contributed by atoms with Crippen molar-refractivity contribution in [1.82, 2.24) is 0 Å². The van der Waals surface area contributed by atoms with Crippen LogP contribution in [0.5, 0.6) is 0 Å². The summed E-state index contributed by atoms with van der Waals surface area (Å²) < 4.78 is 0. The standard InChI is InChI=1S/C20H36/c1-4-6-7-9-17-15-16-10-14-19(3)12-8-13-20(17,11-5-2)18(16)19/h16-18H,4-15H2,1-3H3/t16?,17?,18?,19-,20?/m0/s1. The van der Waals surface area contributed by atoms with Gasteiger partial charge in [0.15, 0.2) is 0 Å². The summed E-state index contributed by atoms with van der Waals surface area (Å²) in [6.07, 6.45) is 18.2. The molecule has 3 aliphatic rings. The second kappa shape index (κ2) is 5.65. The average molecular weight is 277 g/mol. The van der Waals surface area contributed by atoms with Crippen molar-refractivity contribution in [2.45, 2.75) is 97.8 Å². The molecule has 0 heteroatoms. The molecule has 0 radical (unpaired) electrons. The van der Waals surface area contributed by atoms with E-state index in [4.69, 9.17) is 0 Å². The molecule has 3 saturated carbocycles. The zero-order valence-corrected chi connectivity index (χ0v) is 14.2. The van der Waals surface area contributed by atoms with Gasteiger partial charge >= 0.3 is 0 Å². The van der Waals surface area contributed by atoms with Crippen LogP contribution < -0.4 is 0 Å². The Morgan fingerprint density at radius 1 is 1.00 bits per heavy atom. The summed E-state index contributed by atoms with van der Waals surface area (Å²) in [5.41, 5.74) is 1.51. The zero-order chi connectivity index (χ0) is 14.2. The van der Waals surface area contributed by atoms with E-state index in [0.29, 0.717) is 0 Å². The lowest BCUT2D eigenvalue weighted by Crippen LogP contribution is -2.43. The SMILES string of the molecule is CCCCCC1CC2CC[C@]3(C)CCCC1(CCC)C23. The molecular weight excluding hydrogens is 240 g/mol. The third kappa shape index (κ3) is 2.17. The highest BCUT2D eigenvalue weighted by atomic mass is 14.7. The van der Waals surface area contributed by atoms with Gasteiger partial charge in [-0.05, 0) is 73.5 Å². The first-order chi connectivity index (χ1) is 9.66. The Morgan fingerprint density at radius 2 is 1.85 bits per heavy atom. The normalized spacial score (nSPS) is 46.6. The van der Waals surface area contributed by atoms with Crippen LogP contribution in [0.2, 0.25) is 0 Å². The maximum Gasteiger partial charge on any atom is -0.0233 e. The molecule has 0 spiro atoms. The topological polar surface area (TPSA) is 0 Å². The minimum Gasteiger partial charge on any atom is -0.0654 e. The molecule has 0 N–H and O–H groups in total. The van der Waals surface area contributed by atoms with Crippen molar-refractivity contribution in [3.05, 3.63) is 0 Å². The highest BCUT2D eigenvalue weighted by molar-refractivity contribution is 5.12. The Morgan fingerprint density at radius 3 is 2.60 bits per heavy atom. The van der Waals surface area contributed by atoms with E-state index in [9.17, 15) is 0 Å². The molecule has 0 aromatic heterocycles. The van der Waals surface area contributed by atoms with Gasteiger partial charge in [-0.15, -0.1) is 0 Å². The summed E-state index contributed by atoms with van der Waals surface area (Å²) in [5, 5.41) is 0. The maximum absolute atomic E-state index is 2.66. The van der Waals surface area contributed by atoms with Crippen LogP contribution in [0.3, 0.4) is 0 Å². The molecule has 0 aliphatic heterocycles. The summed E-state index contributed by atoms with van der Waals surface area (Å²) in [6, 6.07) is 0. The van der Waals surface area contributed by atoms with Gasteiger partial charge in [0.25, 0.3) is 0 Å². The van der Waals surface area contributed by atoms with Gasteiger partial charge < -0.3 is 0 Å². The fourth-order valence-electron chi connectivity index (χ4n) is 7.14. The van der Waals surface area contributed by atoms with Gasteiger partial charge in [-0.2, -0.15) is 0 Å². The van der Waals surface area contributed by atoms with Crippen LogP contribution in [0.25, 0.3) is 0 Å². The Kier molecular flexibility index (Phi) is 4.22. The monoisotopic (exact) mass is 276 g/mol. The summed E-state index contributed by atoms with van der Waals surface area (Å²) in [6.45, 7) is 7.45. The van der Waals surface area contributed by atoms with Crippen molar-refractivity contribution in [1.29, 1.82) is 0 Å². The average Bonchev–Trinajstić information content (AvgIpc) is 2.92. The molecule has 0 saturated heterocycles. The minimum atomic E-state index is 0.734. The van der Waals surface area contributed by atoms with Crippen LogP contribution in [0.15, 0.2) is 0 Å². The van der Waals surface area contributed by atoms with Crippen LogP contribution >= 0.6 is 0 Å². The molecule has 3 aliphatic carbocycles. The summed E-state index contributed by atoms with van der Waals surface area (Å²) >= 11 is 0. The smallest absolute Gasteiger partial charge is 0.0233 e. The first kappa shape index (κ1) is 14.9. The molecule has 0 nitrogen and oxygen atoms in total. The number of unbranched alkanes of at least 4 members (excludes halogenated alkanes) is 2. The Labute approximate surface area is 127 Å². The van der Waals surface area contributed by atoms with Crippen LogP contribution in [0.4, 0.5) is 0 Å². The Balaban J connectivity index is 1.82. The van der Waals surface area contributed by atoms with Gasteiger partial charge in [0.05, 0.1) is 0 Å². The largest absolute Gasteiger partial charge is 0.0654 e. The van der Waals surface area contributed by atoms with E-state index in [1.54, 1.807) is 44.9 Å². The zero-order valence-electron chi connectivity index (χ0n) is 14.2. The highest BCUT2D eigenvalue weighted by Crippen LogP contribution is 2.71. The van der Waals surface area contributed by atoms with E-state index in [2.05, 4.69) is 20.8 Å². The molecule has 116 valence electrons. The van der Waals surface area contributed by atoms with E-state index < -0.39 is 0 Å². The van der Waals surface area contributed by atoms with E-state index in [0.717, 1.165) is 28.6 Å². The molecule has 4 unspecified atom stereocenters. The maximum atomic E-state index is 2.66. The molecule has 3 rings (SSSR count). The van der Waals surface area contributed by atoms with Crippen molar-refractivity contribution < 1.29 is 0 Å². The third-order valence-electron chi connectivity index (χ3n) is 7.59. The van der Waals surface area contributed by atoms with Gasteiger partial charge in [-0.25, -0.2) is 0 Å². The molecular formula is C20H36. The molecule has 0 bridgehead atoms. The van der Waals surface area contributed by atoms with E-state index >= 15 is 0 Å². The van der Waals surface area contributed by atoms with Crippen LogP contribution in [-0.4, -0.2) is 0 Å². The van der Waals surface area contributed by atoms with Crippen molar-refractivity contribution in [2.75, 3.05) is 0 Å². The van der Waals surface area contributed by atoms with Crippen molar-refractivity contribution in [2.24, 2.45) is 28.6 Å². The molecule has 0 aromatic rings. The predicted octanol–water partition coefficient (Wildman–Crippen LogP) is 6.59. The molecule has 0 heterocycles. The number of hydrogen-bond acceptors (Lipinski definition) is 0. The fourth-order valence-corrected chi connectivity index (χ4v) is 7.14. The van der Waals surface area contributed by atoms with Crippen LogP contribution in [-0.2, 0) is 0 Å². The summed E-state index contributed by atoms with van der Waals surface area (Å²) in [5.74, 6) is 3.30. The van der Waals surface area contributed by atoms with Gasteiger partial charge in [0.2, 0.25) is 0 Å². The lowest BCUT2D eigenvalue weighted by molar-refractivity contribution is -0.0245. The third-order valence-corrected chi connectivity index (χ3v) is 7.59. The van der Waals surface area contributed by atoms with Crippen LogP contribution in [0, 0.1) is 28.6 Å². The lowest BCUT2D eigenvalue weighted by Gasteiger charge is -2.52. The van der Waals surface area contributed by atoms with E-state index in [1.807, 2.05) is 0 Å². The molecule has 0 aromatic carbocycles. The fraction of sp³-hybridized carbons (Fsp3) is 1.00. The second-order valence-electron chi connectivity index (χ2n) is 8.70. The van der Waals surface area contributed by atoms with Crippen molar-refractivity contribution >= 4 is 0 Å². The number of rotatable bonds is 6. The molecule has 3 fully saturated rings. The lowest BCUT2D eigenvalue weighted by atomic mass is 9.53. The van der Waals surface area contributed by atoms with E-state index in [-0.39, 0.29) is 0 Å².